The Morgan fingerprint density at radius 2 is 1.68 bits per heavy atom. The average molecular weight is 394 g/mol. The largest absolute Gasteiger partial charge is 0.465 e. The number of ether oxygens (including phenoxy) is 1. The van der Waals surface area contributed by atoms with Crippen LogP contribution in [-0.2, 0) is 9.53 Å². The van der Waals surface area contributed by atoms with Crippen LogP contribution >= 0.6 is 0 Å². The van der Waals surface area contributed by atoms with Gasteiger partial charge in [-0.2, -0.15) is 0 Å². The smallest absolute Gasteiger partial charge is 0.408 e. The lowest BCUT2D eigenvalue weighted by Gasteiger charge is -2.54. The van der Waals surface area contributed by atoms with Crippen LogP contribution < -0.4 is 5.32 Å². The lowest BCUT2D eigenvalue weighted by atomic mass is 9.62. The predicted octanol–water partition coefficient (Wildman–Crippen LogP) is 3.23. The molecule has 3 fully saturated rings. The van der Waals surface area contributed by atoms with Gasteiger partial charge in [0, 0.05) is 25.8 Å². The van der Waals surface area contributed by atoms with Crippen molar-refractivity contribution in [3.05, 3.63) is 35.4 Å². The van der Waals surface area contributed by atoms with E-state index in [4.69, 9.17) is 4.74 Å². The number of piperazine rings is 1. The van der Waals surface area contributed by atoms with Crippen molar-refractivity contribution < 1.29 is 28.2 Å². The van der Waals surface area contributed by atoms with Gasteiger partial charge >= 0.3 is 6.09 Å². The fourth-order valence-corrected chi connectivity index (χ4v) is 5.17. The summed E-state index contributed by atoms with van der Waals surface area (Å²) in [4.78, 5) is 26.3. The number of benzene rings is 1. The molecule has 1 atom stereocenters. The number of nitrogens with one attached hydrogen (secondary N) is 1. The summed E-state index contributed by atoms with van der Waals surface area (Å²) in [5, 5.41) is 12.8. The van der Waals surface area contributed by atoms with Crippen molar-refractivity contribution in [1.82, 2.24) is 10.2 Å². The van der Waals surface area contributed by atoms with Crippen molar-refractivity contribution in [1.29, 1.82) is 0 Å². The molecule has 28 heavy (non-hydrogen) atoms. The Bertz CT molecular complexity index is 764. The van der Waals surface area contributed by atoms with Crippen LogP contribution in [-0.4, -0.2) is 47.3 Å². The zero-order valence-corrected chi connectivity index (χ0v) is 15.5. The lowest BCUT2D eigenvalue weighted by Crippen LogP contribution is -2.68. The molecule has 2 spiro atoms. The van der Waals surface area contributed by atoms with Crippen molar-refractivity contribution in [2.24, 2.45) is 5.41 Å². The van der Waals surface area contributed by atoms with Gasteiger partial charge in [0.15, 0.2) is 0 Å². The van der Waals surface area contributed by atoms with Crippen LogP contribution in [0.4, 0.5) is 13.6 Å². The molecule has 2 amide bonds. The van der Waals surface area contributed by atoms with E-state index in [1.807, 2.05) is 0 Å². The first-order valence-electron chi connectivity index (χ1n) is 9.70. The number of carbonyl (C=O) groups excluding carboxylic acids is 1. The molecule has 1 unspecified atom stereocenters. The molecular weight excluding hydrogens is 370 g/mol. The summed E-state index contributed by atoms with van der Waals surface area (Å²) >= 11 is 0. The number of hydrogen-bond acceptors (Lipinski definition) is 3. The molecule has 2 N–H and O–H groups in total. The van der Waals surface area contributed by atoms with E-state index in [2.05, 4.69) is 5.32 Å². The maximum Gasteiger partial charge on any atom is 0.408 e. The molecule has 3 aliphatic rings. The summed E-state index contributed by atoms with van der Waals surface area (Å²) < 4.78 is 33.0. The van der Waals surface area contributed by atoms with Crippen molar-refractivity contribution >= 4 is 12.0 Å². The number of carboxylic acid groups (broad SMARTS) is 1. The summed E-state index contributed by atoms with van der Waals surface area (Å²) in [6.45, 7) is 1.37. The first-order chi connectivity index (χ1) is 13.4. The SMILES string of the molecule is O=C(O)N1C(c2cc(F)cc(F)c2)CNC(=O)C12CCC1(CCOCC1)CC2. The van der Waals surface area contributed by atoms with Gasteiger partial charge in [-0.3, -0.25) is 9.69 Å². The Hall–Kier alpha value is -2.22. The van der Waals surface area contributed by atoms with E-state index in [9.17, 15) is 23.5 Å². The maximum atomic E-state index is 13.8. The quantitative estimate of drug-likeness (QED) is 0.767. The van der Waals surface area contributed by atoms with Gasteiger partial charge in [0.25, 0.3) is 0 Å². The molecule has 152 valence electrons. The zero-order valence-electron chi connectivity index (χ0n) is 15.5. The van der Waals surface area contributed by atoms with E-state index in [0.29, 0.717) is 26.1 Å². The minimum Gasteiger partial charge on any atom is -0.465 e. The first-order valence-corrected chi connectivity index (χ1v) is 9.70. The third-order valence-electron chi connectivity index (χ3n) is 6.82. The fourth-order valence-electron chi connectivity index (χ4n) is 5.17. The summed E-state index contributed by atoms with van der Waals surface area (Å²) in [5.74, 6) is -1.85. The molecule has 1 aromatic carbocycles. The molecule has 2 aliphatic heterocycles. The van der Waals surface area contributed by atoms with Gasteiger partial charge in [0.2, 0.25) is 5.91 Å². The molecule has 0 radical (unpaired) electrons. The van der Waals surface area contributed by atoms with E-state index in [-0.39, 0.29) is 23.4 Å². The molecule has 0 bridgehead atoms. The maximum absolute atomic E-state index is 13.8. The summed E-state index contributed by atoms with van der Waals surface area (Å²) in [6.07, 6.45) is 2.86. The highest BCUT2D eigenvalue weighted by molar-refractivity contribution is 5.91. The van der Waals surface area contributed by atoms with Crippen molar-refractivity contribution in [3.8, 4) is 0 Å². The molecule has 2 saturated heterocycles. The molecule has 6 nitrogen and oxygen atoms in total. The predicted molar refractivity (Wildman–Crippen MR) is 95.7 cm³/mol. The topological polar surface area (TPSA) is 78.9 Å². The van der Waals surface area contributed by atoms with Gasteiger partial charge in [-0.1, -0.05) is 0 Å². The monoisotopic (exact) mass is 394 g/mol. The van der Waals surface area contributed by atoms with Gasteiger partial charge in [-0.15, -0.1) is 0 Å². The van der Waals surface area contributed by atoms with Crippen LogP contribution in [0.15, 0.2) is 18.2 Å². The number of hydrogen-bond donors (Lipinski definition) is 2. The van der Waals surface area contributed by atoms with E-state index in [1.165, 1.54) is 0 Å². The van der Waals surface area contributed by atoms with Crippen LogP contribution in [0.25, 0.3) is 0 Å². The Morgan fingerprint density at radius 1 is 1.07 bits per heavy atom. The Balaban J connectivity index is 1.67. The second-order valence-electron chi connectivity index (χ2n) is 8.23. The van der Waals surface area contributed by atoms with Crippen LogP contribution in [0, 0.1) is 17.0 Å². The molecule has 8 heteroatoms. The normalized spacial score (nSPS) is 26.3. The van der Waals surface area contributed by atoms with E-state index >= 15 is 0 Å². The highest BCUT2D eigenvalue weighted by Crippen LogP contribution is 2.51. The van der Waals surface area contributed by atoms with Gasteiger partial charge in [-0.25, -0.2) is 13.6 Å². The number of carbonyl (C=O) groups is 2. The highest BCUT2D eigenvalue weighted by Gasteiger charge is 2.56. The third-order valence-corrected chi connectivity index (χ3v) is 6.82. The molecule has 0 aromatic heterocycles. The molecule has 1 saturated carbocycles. The van der Waals surface area contributed by atoms with Crippen LogP contribution in [0.5, 0.6) is 0 Å². The highest BCUT2D eigenvalue weighted by atomic mass is 19.1. The number of halogens is 2. The number of amides is 2. The summed E-state index contributed by atoms with van der Waals surface area (Å²) in [6, 6.07) is 2.19. The van der Waals surface area contributed by atoms with Crippen LogP contribution in [0.2, 0.25) is 0 Å². The standard InChI is InChI=1S/C20H24F2N2O4/c21-14-9-13(10-15(22)11-14)16-12-23-17(25)20(24(16)18(26)27)3-1-19(2-4-20)5-7-28-8-6-19/h9-11,16H,1-8,12H2,(H,23,25)(H,26,27). The minimum absolute atomic E-state index is 0.00520. The van der Waals surface area contributed by atoms with Crippen molar-refractivity contribution in [3.63, 3.8) is 0 Å². The lowest BCUT2D eigenvalue weighted by molar-refractivity contribution is -0.145. The zero-order chi connectivity index (χ0) is 19.9. The first kappa shape index (κ1) is 19.1. The Morgan fingerprint density at radius 3 is 2.25 bits per heavy atom. The van der Waals surface area contributed by atoms with Gasteiger partial charge in [-0.05, 0) is 61.6 Å². The van der Waals surface area contributed by atoms with E-state index < -0.39 is 29.3 Å². The van der Waals surface area contributed by atoms with E-state index in [0.717, 1.165) is 48.8 Å². The van der Waals surface area contributed by atoms with Gasteiger partial charge in [0.05, 0.1) is 6.04 Å². The summed E-state index contributed by atoms with van der Waals surface area (Å²) in [5.41, 5.74) is -0.905. The average Bonchev–Trinajstić information content (AvgIpc) is 2.66. The van der Waals surface area contributed by atoms with Crippen LogP contribution in [0.3, 0.4) is 0 Å². The number of rotatable bonds is 1. The molecule has 1 aliphatic carbocycles. The van der Waals surface area contributed by atoms with Crippen molar-refractivity contribution in [2.45, 2.75) is 50.1 Å². The molecule has 1 aromatic rings. The fraction of sp³-hybridized carbons (Fsp3) is 0.600. The third kappa shape index (κ3) is 3.13. The second kappa shape index (κ2) is 6.99. The molecule has 2 heterocycles. The van der Waals surface area contributed by atoms with Gasteiger partial charge in [0.1, 0.15) is 17.2 Å². The minimum atomic E-state index is -1.24. The Labute approximate surface area is 161 Å². The molecule has 4 rings (SSSR count). The molecular formula is C20H24F2N2O4. The Kier molecular flexibility index (Phi) is 4.77. The number of nitrogens with zero attached hydrogens (tertiary/aromatic N) is 1. The van der Waals surface area contributed by atoms with Crippen molar-refractivity contribution in [2.75, 3.05) is 19.8 Å². The second-order valence-corrected chi connectivity index (χ2v) is 8.23. The van der Waals surface area contributed by atoms with Crippen LogP contribution in [0.1, 0.15) is 50.1 Å². The van der Waals surface area contributed by atoms with E-state index in [1.54, 1.807) is 0 Å². The summed E-state index contributed by atoms with van der Waals surface area (Å²) in [7, 11) is 0. The van der Waals surface area contributed by atoms with Gasteiger partial charge < -0.3 is 15.2 Å².